The van der Waals surface area contributed by atoms with Gasteiger partial charge >= 0.3 is 0 Å². The number of carbonyl (C=O) groups excluding carboxylic acids is 2. The van der Waals surface area contributed by atoms with E-state index in [0.717, 1.165) is 10.8 Å². The van der Waals surface area contributed by atoms with Gasteiger partial charge in [-0.25, -0.2) is 5.43 Å². The SMILES string of the molecule is O=C([O-])COc1ccccc1/C=N\NC(=O)COc1ccc2ccccc2c1. The first-order valence-corrected chi connectivity index (χ1v) is 8.47. The molecule has 0 aliphatic heterocycles. The number of para-hydroxylation sites is 1. The van der Waals surface area contributed by atoms with E-state index >= 15 is 0 Å². The molecule has 0 saturated carbocycles. The van der Waals surface area contributed by atoms with E-state index in [9.17, 15) is 14.7 Å². The van der Waals surface area contributed by atoms with Crippen molar-refractivity contribution in [3.05, 3.63) is 72.3 Å². The summed E-state index contributed by atoms with van der Waals surface area (Å²) in [5.74, 6) is -0.862. The fourth-order valence-corrected chi connectivity index (χ4v) is 2.47. The molecule has 0 unspecified atom stereocenters. The van der Waals surface area contributed by atoms with Crippen molar-refractivity contribution in [3.63, 3.8) is 0 Å². The lowest BCUT2D eigenvalue weighted by Crippen LogP contribution is -2.29. The number of nitrogens with one attached hydrogen (secondary N) is 1. The molecule has 0 aliphatic carbocycles. The van der Waals surface area contributed by atoms with Crippen LogP contribution in [0.25, 0.3) is 10.8 Å². The Hall–Kier alpha value is -3.87. The predicted octanol–water partition coefficient (Wildman–Crippen LogP) is 1.50. The van der Waals surface area contributed by atoms with E-state index in [4.69, 9.17) is 9.47 Å². The molecular formula is C21H17N2O5-. The summed E-state index contributed by atoms with van der Waals surface area (Å²) in [5.41, 5.74) is 2.87. The van der Waals surface area contributed by atoms with Gasteiger partial charge in [-0.1, -0.05) is 42.5 Å². The van der Waals surface area contributed by atoms with Crippen LogP contribution < -0.4 is 20.0 Å². The first-order valence-electron chi connectivity index (χ1n) is 8.47. The molecule has 0 spiro atoms. The van der Waals surface area contributed by atoms with E-state index in [-0.39, 0.29) is 6.61 Å². The molecule has 1 amide bonds. The van der Waals surface area contributed by atoms with Crippen LogP contribution in [0.5, 0.6) is 11.5 Å². The number of carboxylic acids is 1. The third-order valence-corrected chi connectivity index (χ3v) is 3.75. The summed E-state index contributed by atoms with van der Waals surface area (Å²) >= 11 is 0. The Balaban J connectivity index is 1.53. The van der Waals surface area contributed by atoms with Gasteiger partial charge in [0.15, 0.2) is 6.61 Å². The Labute approximate surface area is 161 Å². The van der Waals surface area contributed by atoms with Gasteiger partial charge in [-0.2, -0.15) is 5.10 Å². The fraction of sp³-hybridized carbons (Fsp3) is 0.0952. The highest BCUT2D eigenvalue weighted by molar-refractivity contribution is 5.86. The van der Waals surface area contributed by atoms with E-state index in [2.05, 4.69) is 10.5 Å². The van der Waals surface area contributed by atoms with E-state index in [0.29, 0.717) is 17.1 Å². The molecule has 3 rings (SSSR count). The minimum absolute atomic E-state index is 0.196. The van der Waals surface area contributed by atoms with Crippen molar-refractivity contribution in [2.75, 3.05) is 13.2 Å². The Morgan fingerprint density at radius 2 is 1.68 bits per heavy atom. The van der Waals surface area contributed by atoms with Crippen LogP contribution in [0.15, 0.2) is 71.8 Å². The average Bonchev–Trinajstić information content (AvgIpc) is 2.71. The summed E-state index contributed by atoms with van der Waals surface area (Å²) in [5, 5.41) is 16.5. The van der Waals surface area contributed by atoms with Crippen LogP contribution in [0.4, 0.5) is 0 Å². The van der Waals surface area contributed by atoms with Gasteiger partial charge < -0.3 is 19.4 Å². The fourth-order valence-electron chi connectivity index (χ4n) is 2.47. The van der Waals surface area contributed by atoms with Crippen molar-refractivity contribution in [1.82, 2.24) is 5.43 Å². The summed E-state index contributed by atoms with van der Waals surface area (Å²) in [6.45, 7) is -0.769. The summed E-state index contributed by atoms with van der Waals surface area (Å²) in [6, 6.07) is 20.1. The van der Waals surface area contributed by atoms with Crippen molar-refractivity contribution in [1.29, 1.82) is 0 Å². The number of rotatable bonds is 8. The van der Waals surface area contributed by atoms with Crippen molar-refractivity contribution in [3.8, 4) is 11.5 Å². The second kappa shape index (κ2) is 9.18. The average molecular weight is 377 g/mol. The lowest BCUT2D eigenvalue weighted by molar-refractivity contribution is -0.307. The van der Waals surface area contributed by atoms with E-state index in [1.165, 1.54) is 6.21 Å². The number of carbonyl (C=O) groups is 2. The highest BCUT2D eigenvalue weighted by Gasteiger charge is 2.04. The summed E-state index contributed by atoms with van der Waals surface area (Å²) in [4.78, 5) is 22.4. The Morgan fingerprint density at radius 3 is 2.50 bits per heavy atom. The zero-order valence-corrected chi connectivity index (χ0v) is 14.8. The van der Waals surface area contributed by atoms with Gasteiger partial charge in [-0.3, -0.25) is 4.79 Å². The molecule has 7 nitrogen and oxygen atoms in total. The van der Waals surface area contributed by atoms with Gasteiger partial charge in [0.1, 0.15) is 18.1 Å². The number of nitrogens with zero attached hydrogens (tertiary/aromatic N) is 1. The minimum atomic E-state index is -1.33. The summed E-state index contributed by atoms with van der Waals surface area (Å²) in [6.07, 6.45) is 1.36. The van der Waals surface area contributed by atoms with Crippen molar-refractivity contribution in [2.24, 2.45) is 5.10 Å². The van der Waals surface area contributed by atoms with Gasteiger partial charge in [0, 0.05) is 5.56 Å². The van der Waals surface area contributed by atoms with Crippen LogP contribution in [0.2, 0.25) is 0 Å². The van der Waals surface area contributed by atoms with Crippen molar-refractivity contribution in [2.45, 2.75) is 0 Å². The summed E-state index contributed by atoms with van der Waals surface area (Å²) in [7, 11) is 0. The van der Waals surface area contributed by atoms with Crippen molar-refractivity contribution >= 4 is 28.9 Å². The number of hydrogen-bond acceptors (Lipinski definition) is 6. The lowest BCUT2D eigenvalue weighted by atomic mass is 10.1. The number of hydrogen-bond donors (Lipinski definition) is 1. The van der Waals surface area contributed by atoms with E-state index < -0.39 is 18.5 Å². The van der Waals surface area contributed by atoms with E-state index in [1.807, 2.05) is 36.4 Å². The van der Waals surface area contributed by atoms with Crippen LogP contribution in [-0.4, -0.2) is 31.3 Å². The molecule has 0 saturated heterocycles. The molecule has 0 atom stereocenters. The highest BCUT2D eigenvalue weighted by Crippen LogP contribution is 2.20. The monoisotopic (exact) mass is 377 g/mol. The van der Waals surface area contributed by atoms with Gasteiger partial charge in [-0.15, -0.1) is 0 Å². The molecule has 0 bridgehead atoms. The second-order valence-corrected chi connectivity index (χ2v) is 5.79. The number of fused-ring (bicyclic) bond motifs is 1. The van der Waals surface area contributed by atoms with E-state index in [1.54, 1.807) is 30.3 Å². The minimum Gasteiger partial charge on any atom is -0.546 e. The summed E-state index contributed by atoms with van der Waals surface area (Å²) < 4.78 is 10.6. The molecule has 0 radical (unpaired) electrons. The Bertz CT molecular complexity index is 1020. The molecule has 3 aromatic carbocycles. The van der Waals surface area contributed by atoms with Crippen molar-refractivity contribution < 1.29 is 24.2 Å². The largest absolute Gasteiger partial charge is 0.546 e. The maximum Gasteiger partial charge on any atom is 0.277 e. The van der Waals surface area contributed by atoms with Gasteiger partial charge in [0.25, 0.3) is 5.91 Å². The smallest absolute Gasteiger partial charge is 0.277 e. The second-order valence-electron chi connectivity index (χ2n) is 5.79. The normalized spacial score (nSPS) is 10.7. The predicted molar refractivity (Wildman–Crippen MR) is 102 cm³/mol. The third-order valence-electron chi connectivity index (χ3n) is 3.75. The molecule has 7 heteroatoms. The maximum atomic E-state index is 11.9. The topological polar surface area (TPSA) is 100 Å². The van der Waals surface area contributed by atoms with Gasteiger partial charge in [-0.05, 0) is 35.0 Å². The molecule has 28 heavy (non-hydrogen) atoms. The van der Waals surface area contributed by atoms with Crippen LogP contribution in [0, 0.1) is 0 Å². The molecule has 142 valence electrons. The molecule has 3 aromatic rings. The molecule has 0 fully saturated rings. The molecular weight excluding hydrogens is 360 g/mol. The van der Waals surface area contributed by atoms with Crippen LogP contribution in [0.1, 0.15) is 5.56 Å². The Kier molecular flexibility index (Phi) is 6.20. The zero-order valence-electron chi connectivity index (χ0n) is 14.8. The highest BCUT2D eigenvalue weighted by atomic mass is 16.5. The molecule has 0 heterocycles. The quantitative estimate of drug-likeness (QED) is 0.474. The number of ether oxygens (including phenoxy) is 2. The number of benzene rings is 3. The molecule has 1 N–H and O–H groups in total. The van der Waals surface area contributed by atoms with Crippen LogP contribution >= 0.6 is 0 Å². The van der Waals surface area contributed by atoms with Crippen LogP contribution in [0.3, 0.4) is 0 Å². The first kappa shape index (κ1) is 18.9. The standard InChI is InChI=1S/C21H18N2O5/c24-20(13-27-18-10-9-15-5-1-2-6-16(15)11-18)23-22-12-17-7-3-4-8-19(17)28-14-21(25)26/h1-12H,13-14H2,(H,23,24)(H,25,26)/p-1/b22-12-. The lowest BCUT2D eigenvalue weighted by Gasteiger charge is -2.09. The molecule has 0 aliphatic rings. The Morgan fingerprint density at radius 1 is 0.929 bits per heavy atom. The third kappa shape index (κ3) is 5.31. The number of hydrazone groups is 1. The number of aliphatic carboxylic acids is 1. The van der Waals surface area contributed by atoms with Gasteiger partial charge in [0.05, 0.1) is 12.2 Å². The van der Waals surface area contributed by atoms with Crippen LogP contribution in [-0.2, 0) is 9.59 Å². The number of amides is 1. The maximum absolute atomic E-state index is 11.9. The zero-order chi connectivity index (χ0) is 19.8. The molecule has 0 aromatic heterocycles. The first-order chi connectivity index (χ1) is 13.6. The number of carboxylic acid groups (broad SMARTS) is 1. The van der Waals surface area contributed by atoms with Gasteiger partial charge in [0.2, 0.25) is 0 Å².